The monoisotopic (exact) mass is 345 g/mol. The van der Waals surface area contributed by atoms with Crippen LogP contribution in [0.3, 0.4) is 0 Å². The van der Waals surface area contributed by atoms with Crippen LogP contribution in [0.1, 0.15) is 15.9 Å². The molecule has 1 amide bonds. The van der Waals surface area contributed by atoms with Crippen LogP contribution in [0.4, 0.5) is 5.69 Å². The van der Waals surface area contributed by atoms with Gasteiger partial charge in [0.15, 0.2) is 0 Å². The lowest BCUT2D eigenvalue weighted by Gasteiger charge is -2.07. The topological polar surface area (TPSA) is 66.4 Å². The van der Waals surface area contributed by atoms with Gasteiger partial charge in [-0.1, -0.05) is 24.3 Å². The van der Waals surface area contributed by atoms with Crippen LogP contribution in [0.25, 0.3) is 6.08 Å². The van der Waals surface area contributed by atoms with Crippen LogP contribution >= 0.6 is 15.9 Å². The fourth-order valence-corrected chi connectivity index (χ4v) is 2.15. The lowest BCUT2D eigenvalue weighted by Crippen LogP contribution is -2.12. The van der Waals surface area contributed by atoms with Crippen LogP contribution in [-0.4, -0.2) is 17.0 Å². The molecule has 4 nitrogen and oxygen atoms in total. The summed E-state index contributed by atoms with van der Waals surface area (Å²) in [6, 6.07) is 14.1. The highest BCUT2D eigenvalue weighted by atomic mass is 79.9. The fourth-order valence-electron chi connectivity index (χ4n) is 1.69. The molecule has 0 atom stereocenters. The lowest BCUT2D eigenvalue weighted by atomic mass is 10.1. The summed E-state index contributed by atoms with van der Waals surface area (Å²) in [4.78, 5) is 22.5. The van der Waals surface area contributed by atoms with E-state index in [1.54, 1.807) is 42.5 Å². The summed E-state index contributed by atoms with van der Waals surface area (Å²) < 4.78 is 0.725. The molecule has 0 saturated heterocycles. The molecular weight excluding hydrogens is 334 g/mol. The Morgan fingerprint density at radius 3 is 2.33 bits per heavy atom. The SMILES string of the molecule is O=C(O)/C=C/c1ccc(NC(=O)c2ccccc2Br)cc1. The van der Waals surface area contributed by atoms with Gasteiger partial charge in [0.2, 0.25) is 0 Å². The molecule has 2 N–H and O–H groups in total. The number of carboxylic acids is 1. The third-order valence-corrected chi connectivity index (χ3v) is 3.40. The van der Waals surface area contributed by atoms with Crippen LogP contribution in [0.15, 0.2) is 59.1 Å². The summed E-state index contributed by atoms with van der Waals surface area (Å²) in [5.74, 6) is -1.21. The Morgan fingerprint density at radius 1 is 1.05 bits per heavy atom. The van der Waals surface area contributed by atoms with Gasteiger partial charge in [0, 0.05) is 16.2 Å². The molecule has 0 aromatic heterocycles. The molecule has 0 bridgehead atoms. The number of amides is 1. The number of hydrogen-bond acceptors (Lipinski definition) is 2. The number of halogens is 1. The Bertz CT molecular complexity index is 693. The van der Waals surface area contributed by atoms with Gasteiger partial charge in [-0.25, -0.2) is 4.79 Å². The average Bonchev–Trinajstić information content (AvgIpc) is 2.47. The Balaban J connectivity index is 2.09. The predicted octanol–water partition coefficient (Wildman–Crippen LogP) is 3.80. The number of carbonyl (C=O) groups is 2. The quantitative estimate of drug-likeness (QED) is 0.828. The minimum atomic E-state index is -0.999. The number of nitrogens with one attached hydrogen (secondary N) is 1. The Morgan fingerprint density at radius 2 is 1.71 bits per heavy atom. The zero-order valence-electron chi connectivity index (χ0n) is 10.9. The Labute approximate surface area is 130 Å². The molecule has 0 saturated carbocycles. The van der Waals surface area contributed by atoms with E-state index < -0.39 is 5.97 Å². The number of rotatable bonds is 4. The summed E-state index contributed by atoms with van der Waals surface area (Å²) in [5.41, 5.74) is 1.94. The van der Waals surface area contributed by atoms with Crippen LogP contribution < -0.4 is 5.32 Å². The van der Waals surface area contributed by atoms with Gasteiger partial charge in [-0.3, -0.25) is 4.79 Å². The van der Waals surface area contributed by atoms with Crippen molar-refractivity contribution >= 4 is 39.6 Å². The molecule has 2 aromatic carbocycles. The van der Waals surface area contributed by atoms with Gasteiger partial charge in [0.05, 0.1) is 5.56 Å². The molecule has 0 radical (unpaired) electrons. The molecule has 21 heavy (non-hydrogen) atoms. The van der Waals surface area contributed by atoms with Crippen molar-refractivity contribution in [2.75, 3.05) is 5.32 Å². The van der Waals surface area contributed by atoms with Crippen LogP contribution in [0.2, 0.25) is 0 Å². The maximum absolute atomic E-state index is 12.1. The molecule has 2 aromatic rings. The molecule has 5 heteroatoms. The molecule has 0 spiro atoms. The lowest BCUT2D eigenvalue weighted by molar-refractivity contribution is -0.131. The van der Waals surface area contributed by atoms with Gasteiger partial charge in [-0.15, -0.1) is 0 Å². The molecule has 0 aliphatic heterocycles. The van der Waals surface area contributed by atoms with E-state index >= 15 is 0 Å². The van der Waals surface area contributed by atoms with Crippen molar-refractivity contribution < 1.29 is 14.7 Å². The highest BCUT2D eigenvalue weighted by Crippen LogP contribution is 2.18. The molecule has 0 heterocycles. The van der Waals surface area contributed by atoms with Gasteiger partial charge >= 0.3 is 5.97 Å². The second kappa shape index (κ2) is 6.85. The summed E-state index contributed by atoms with van der Waals surface area (Å²) in [7, 11) is 0. The van der Waals surface area contributed by atoms with Crippen molar-refractivity contribution in [2.45, 2.75) is 0 Å². The van der Waals surface area contributed by atoms with E-state index in [0.29, 0.717) is 11.3 Å². The first kappa shape index (κ1) is 15.0. The summed E-state index contributed by atoms with van der Waals surface area (Å²) in [6.07, 6.45) is 2.55. The Hall–Kier alpha value is -2.40. The van der Waals surface area contributed by atoms with E-state index in [-0.39, 0.29) is 5.91 Å². The van der Waals surface area contributed by atoms with E-state index in [4.69, 9.17) is 5.11 Å². The zero-order valence-corrected chi connectivity index (χ0v) is 12.5. The summed E-state index contributed by atoms with van der Waals surface area (Å²) >= 11 is 3.33. The van der Waals surface area contributed by atoms with Crippen LogP contribution in [-0.2, 0) is 4.79 Å². The van der Waals surface area contributed by atoms with E-state index in [0.717, 1.165) is 16.1 Å². The number of hydrogen-bond donors (Lipinski definition) is 2. The van der Waals surface area contributed by atoms with Crippen molar-refractivity contribution in [1.82, 2.24) is 0 Å². The molecular formula is C16H12BrNO3. The third kappa shape index (κ3) is 4.29. The highest BCUT2D eigenvalue weighted by molar-refractivity contribution is 9.10. The molecule has 0 fully saturated rings. The third-order valence-electron chi connectivity index (χ3n) is 2.71. The van der Waals surface area contributed by atoms with E-state index in [1.807, 2.05) is 6.07 Å². The number of carbonyl (C=O) groups excluding carboxylic acids is 1. The Kier molecular flexibility index (Phi) is 4.90. The smallest absolute Gasteiger partial charge is 0.328 e. The van der Waals surface area contributed by atoms with Gasteiger partial charge in [-0.05, 0) is 51.8 Å². The van der Waals surface area contributed by atoms with Crippen LogP contribution in [0.5, 0.6) is 0 Å². The van der Waals surface area contributed by atoms with Crippen molar-refractivity contribution in [2.24, 2.45) is 0 Å². The first-order valence-corrected chi connectivity index (χ1v) is 6.92. The second-order valence-electron chi connectivity index (χ2n) is 4.23. The summed E-state index contributed by atoms with van der Waals surface area (Å²) in [5, 5.41) is 11.3. The van der Waals surface area contributed by atoms with Crippen molar-refractivity contribution in [3.8, 4) is 0 Å². The zero-order chi connectivity index (χ0) is 15.2. The minimum absolute atomic E-state index is 0.212. The first-order valence-electron chi connectivity index (χ1n) is 6.13. The van der Waals surface area contributed by atoms with Crippen molar-refractivity contribution in [3.05, 3.63) is 70.2 Å². The van der Waals surface area contributed by atoms with E-state index in [9.17, 15) is 9.59 Å². The molecule has 0 aliphatic rings. The fraction of sp³-hybridized carbons (Fsp3) is 0. The molecule has 2 rings (SSSR count). The number of carboxylic acid groups (broad SMARTS) is 1. The largest absolute Gasteiger partial charge is 0.478 e. The average molecular weight is 346 g/mol. The molecule has 0 aliphatic carbocycles. The first-order chi connectivity index (χ1) is 10.1. The summed E-state index contributed by atoms with van der Waals surface area (Å²) in [6.45, 7) is 0. The maximum Gasteiger partial charge on any atom is 0.328 e. The van der Waals surface area contributed by atoms with Crippen molar-refractivity contribution in [3.63, 3.8) is 0 Å². The van der Waals surface area contributed by atoms with Gasteiger partial charge < -0.3 is 10.4 Å². The minimum Gasteiger partial charge on any atom is -0.478 e. The van der Waals surface area contributed by atoms with E-state index in [2.05, 4.69) is 21.2 Å². The van der Waals surface area contributed by atoms with Gasteiger partial charge in [0.1, 0.15) is 0 Å². The number of aliphatic carboxylic acids is 1. The highest BCUT2D eigenvalue weighted by Gasteiger charge is 2.09. The predicted molar refractivity (Wildman–Crippen MR) is 85.2 cm³/mol. The standard InChI is InChI=1S/C16H12BrNO3/c17-14-4-2-1-3-13(14)16(21)18-12-8-5-11(6-9-12)7-10-15(19)20/h1-10H,(H,18,21)(H,19,20)/b10-7+. The normalized spacial score (nSPS) is 10.5. The van der Waals surface area contributed by atoms with Gasteiger partial charge in [0.25, 0.3) is 5.91 Å². The number of anilines is 1. The van der Waals surface area contributed by atoms with Crippen LogP contribution in [0, 0.1) is 0 Å². The van der Waals surface area contributed by atoms with Gasteiger partial charge in [-0.2, -0.15) is 0 Å². The second-order valence-corrected chi connectivity index (χ2v) is 5.08. The number of benzene rings is 2. The van der Waals surface area contributed by atoms with E-state index in [1.165, 1.54) is 6.08 Å². The molecule has 0 unspecified atom stereocenters. The molecule has 106 valence electrons. The van der Waals surface area contributed by atoms with Crippen molar-refractivity contribution in [1.29, 1.82) is 0 Å². The maximum atomic E-state index is 12.1.